The maximum atomic E-state index is 5.66. The Hall–Kier alpha value is -0.800. The minimum absolute atomic E-state index is 0.397. The van der Waals surface area contributed by atoms with Crippen LogP contribution >= 0.6 is 0 Å². The van der Waals surface area contributed by atoms with Gasteiger partial charge in [-0.3, -0.25) is 0 Å². The van der Waals surface area contributed by atoms with Gasteiger partial charge in [-0.15, -0.1) is 0 Å². The van der Waals surface area contributed by atoms with Gasteiger partial charge in [0.05, 0.1) is 6.10 Å². The van der Waals surface area contributed by atoms with Crippen LogP contribution in [0, 0.1) is 12.8 Å². The van der Waals surface area contributed by atoms with Crippen molar-refractivity contribution >= 4 is 0 Å². The molecule has 14 heavy (non-hydrogen) atoms. The number of ether oxygens (including phenoxy) is 1. The first-order valence-electron chi connectivity index (χ1n) is 5.15. The predicted molar refractivity (Wildman–Crippen MR) is 53.8 cm³/mol. The molecule has 1 saturated carbocycles. The van der Waals surface area contributed by atoms with Crippen molar-refractivity contribution in [3.63, 3.8) is 0 Å². The first-order chi connectivity index (χ1) is 6.78. The molecule has 1 aliphatic rings. The van der Waals surface area contributed by atoms with Gasteiger partial charge >= 0.3 is 0 Å². The highest BCUT2D eigenvalue weighted by atomic mass is 16.5. The third-order valence-electron chi connectivity index (χ3n) is 2.78. The van der Waals surface area contributed by atoms with Crippen LogP contribution in [-0.2, 0) is 11.3 Å². The molecule has 0 atom stereocenters. The van der Waals surface area contributed by atoms with Gasteiger partial charge in [0.25, 0.3) is 0 Å². The molecule has 1 fully saturated rings. The molecule has 1 heterocycles. The second-order valence-corrected chi connectivity index (χ2v) is 4.02. The maximum absolute atomic E-state index is 5.66. The van der Waals surface area contributed by atoms with Gasteiger partial charge in [-0.25, -0.2) is 0 Å². The Morgan fingerprint density at radius 3 is 2.86 bits per heavy atom. The molecule has 0 amide bonds. The molecule has 2 rings (SSSR count). The Kier molecular flexibility index (Phi) is 2.89. The molecule has 1 aliphatic carbocycles. The summed E-state index contributed by atoms with van der Waals surface area (Å²) in [5, 5.41) is 0. The van der Waals surface area contributed by atoms with E-state index in [0.717, 1.165) is 30.9 Å². The van der Waals surface area contributed by atoms with Crippen LogP contribution in [0.15, 0.2) is 16.5 Å². The fourth-order valence-electron chi connectivity index (χ4n) is 1.77. The molecule has 0 unspecified atom stereocenters. The van der Waals surface area contributed by atoms with Gasteiger partial charge in [0.1, 0.15) is 18.1 Å². The molecule has 0 saturated heterocycles. The van der Waals surface area contributed by atoms with Crippen molar-refractivity contribution in [1.29, 1.82) is 0 Å². The van der Waals surface area contributed by atoms with Crippen LogP contribution in [-0.4, -0.2) is 12.6 Å². The summed E-state index contributed by atoms with van der Waals surface area (Å²) in [5.41, 5.74) is 5.53. The molecule has 0 aromatic carbocycles. The van der Waals surface area contributed by atoms with E-state index in [1.165, 1.54) is 0 Å². The van der Waals surface area contributed by atoms with E-state index in [2.05, 4.69) is 0 Å². The van der Waals surface area contributed by atoms with Gasteiger partial charge in [0.15, 0.2) is 0 Å². The number of rotatable bonds is 4. The summed E-state index contributed by atoms with van der Waals surface area (Å²) < 4.78 is 11.1. The van der Waals surface area contributed by atoms with E-state index in [0.29, 0.717) is 18.6 Å². The van der Waals surface area contributed by atoms with Crippen LogP contribution in [0.1, 0.15) is 24.4 Å². The molecule has 78 valence electrons. The predicted octanol–water partition coefficient (Wildman–Crippen LogP) is 1.84. The summed E-state index contributed by atoms with van der Waals surface area (Å²) in [6, 6.07) is 3.93. The maximum Gasteiger partial charge on any atom is 0.129 e. The van der Waals surface area contributed by atoms with Crippen molar-refractivity contribution < 1.29 is 9.15 Å². The van der Waals surface area contributed by atoms with Gasteiger partial charge in [-0.1, -0.05) is 0 Å². The monoisotopic (exact) mass is 195 g/mol. The van der Waals surface area contributed by atoms with Gasteiger partial charge in [0, 0.05) is 0 Å². The highest BCUT2D eigenvalue weighted by Crippen LogP contribution is 2.29. The minimum atomic E-state index is 0.397. The number of hydrogen-bond acceptors (Lipinski definition) is 3. The molecule has 1 aromatic heterocycles. The van der Waals surface area contributed by atoms with Crippen LogP contribution < -0.4 is 5.73 Å². The van der Waals surface area contributed by atoms with Crippen molar-refractivity contribution in [3.05, 3.63) is 23.7 Å². The van der Waals surface area contributed by atoms with Crippen molar-refractivity contribution in [3.8, 4) is 0 Å². The largest absolute Gasteiger partial charge is 0.464 e. The fraction of sp³-hybridized carbons (Fsp3) is 0.636. The minimum Gasteiger partial charge on any atom is -0.464 e. The third-order valence-corrected chi connectivity index (χ3v) is 2.78. The standard InChI is InChI=1S/C11H17NO2/c1-8-2-3-10(14-8)7-13-11-4-9(5-11)6-12/h2-3,9,11H,4-7,12H2,1H3. The first kappa shape index (κ1) is 9.74. The van der Waals surface area contributed by atoms with E-state index in [1.54, 1.807) is 0 Å². The topological polar surface area (TPSA) is 48.4 Å². The molecule has 0 radical (unpaired) electrons. The molecule has 0 aliphatic heterocycles. The second-order valence-electron chi connectivity index (χ2n) is 4.02. The first-order valence-corrected chi connectivity index (χ1v) is 5.15. The Bertz CT molecular complexity index is 289. The van der Waals surface area contributed by atoms with Crippen molar-refractivity contribution in [2.75, 3.05) is 6.54 Å². The van der Waals surface area contributed by atoms with Crippen molar-refractivity contribution in [2.45, 2.75) is 32.5 Å². The second kappa shape index (κ2) is 4.15. The Morgan fingerprint density at radius 2 is 2.29 bits per heavy atom. The number of furan rings is 1. The lowest BCUT2D eigenvalue weighted by Gasteiger charge is -2.33. The lowest BCUT2D eigenvalue weighted by Crippen LogP contribution is -2.35. The van der Waals surface area contributed by atoms with Crippen molar-refractivity contribution in [2.24, 2.45) is 11.7 Å². The van der Waals surface area contributed by atoms with Crippen molar-refractivity contribution in [1.82, 2.24) is 0 Å². The van der Waals surface area contributed by atoms with Crippen LogP contribution in [0.25, 0.3) is 0 Å². The summed E-state index contributed by atoms with van der Waals surface area (Å²) in [4.78, 5) is 0. The molecular weight excluding hydrogens is 178 g/mol. The molecule has 3 nitrogen and oxygen atoms in total. The Morgan fingerprint density at radius 1 is 1.50 bits per heavy atom. The van der Waals surface area contributed by atoms with Gasteiger partial charge in [-0.2, -0.15) is 0 Å². The van der Waals surface area contributed by atoms with Crippen LogP contribution in [0.4, 0.5) is 0 Å². The molecule has 0 bridgehead atoms. The highest BCUT2D eigenvalue weighted by molar-refractivity contribution is 5.04. The fourth-order valence-corrected chi connectivity index (χ4v) is 1.77. The SMILES string of the molecule is Cc1ccc(COC2CC(CN)C2)o1. The summed E-state index contributed by atoms with van der Waals surface area (Å²) in [5.74, 6) is 2.54. The van der Waals surface area contributed by atoms with E-state index >= 15 is 0 Å². The smallest absolute Gasteiger partial charge is 0.129 e. The summed E-state index contributed by atoms with van der Waals surface area (Å²) >= 11 is 0. The zero-order valence-corrected chi connectivity index (χ0v) is 8.53. The number of hydrogen-bond donors (Lipinski definition) is 1. The summed E-state index contributed by atoms with van der Waals surface area (Å²) in [7, 11) is 0. The normalized spacial score (nSPS) is 26.1. The lowest BCUT2D eigenvalue weighted by atomic mass is 9.82. The lowest BCUT2D eigenvalue weighted by molar-refractivity contribution is -0.0433. The van der Waals surface area contributed by atoms with Gasteiger partial charge < -0.3 is 14.9 Å². The Balaban J connectivity index is 1.69. The summed E-state index contributed by atoms with van der Waals surface area (Å²) in [6.45, 7) is 3.33. The number of nitrogens with two attached hydrogens (primary N) is 1. The van der Waals surface area contributed by atoms with E-state index < -0.39 is 0 Å². The average molecular weight is 195 g/mol. The third kappa shape index (κ3) is 2.16. The summed E-state index contributed by atoms with van der Waals surface area (Å²) in [6.07, 6.45) is 2.61. The highest BCUT2D eigenvalue weighted by Gasteiger charge is 2.28. The average Bonchev–Trinajstić information content (AvgIpc) is 2.49. The quantitative estimate of drug-likeness (QED) is 0.797. The molecule has 2 N–H and O–H groups in total. The van der Waals surface area contributed by atoms with E-state index in [1.807, 2.05) is 19.1 Å². The van der Waals surface area contributed by atoms with Gasteiger partial charge in [-0.05, 0) is 44.4 Å². The van der Waals surface area contributed by atoms with E-state index in [-0.39, 0.29) is 0 Å². The molecule has 1 aromatic rings. The number of aryl methyl sites for hydroxylation is 1. The van der Waals surface area contributed by atoms with E-state index in [4.69, 9.17) is 14.9 Å². The van der Waals surface area contributed by atoms with Gasteiger partial charge in [0.2, 0.25) is 0 Å². The van der Waals surface area contributed by atoms with Crippen LogP contribution in [0.3, 0.4) is 0 Å². The zero-order valence-electron chi connectivity index (χ0n) is 8.53. The van der Waals surface area contributed by atoms with Crippen LogP contribution in [0.5, 0.6) is 0 Å². The van der Waals surface area contributed by atoms with Crippen LogP contribution in [0.2, 0.25) is 0 Å². The van der Waals surface area contributed by atoms with E-state index in [9.17, 15) is 0 Å². The molecular formula is C11H17NO2. The molecule has 0 spiro atoms. The Labute approximate surface area is 84.2 Å². The molecule has 3 heteroatoms. The zero-order chi connectivity index (χ0) is 9.97.